The van der Waals surface area contributed by atoms with E-state index < -0.39 is 10.0 Å². The number of benzene rings is 1. The van der Waals surface area contributed by atoms with Crippen LogP contribution in [0.3, 0.4) is 0 Å². The average molecular weight is 365 g/mol. The number of amides is 1. The van der Waals surface area contributed by atoms with Crippen molar-refractivity contribution in [3.63, 3.8) is 0 Å². The van der Waals surface area contributed by atoms with Crippen LogP contribution in [0.4, 0.5) is 5.69 Å². The van der Waals surface area contributed by atoms with E-state index in [0.717, 1.165) is 37.2 Å². The summed E-state index contributed by atoms with van der Waals surface area (Å²) in [5.41, 5.74) is 1.78. The van der Waals surface area contributed by atoms with Crippen LogP contribution in [0.5, 0.6) is 0 Å². The van der Waals surface area contributed by atoms with Crippen LogP contribution in [0.25, 0.3) is 0 Å². The molecular weight excluding hydrogens is 338 g/mol. The maximum atomic E-state index is 12.6. The lowest BCUT2D eigenvalue weighted by molar-refractivity contribution is -0.118. The van der Waals surface area contributed by atoms with Gasteiger partial charge in [0.05, 0.1) is 4.90 Å². The lowest BCUT2D eigenvalue weighted by atomic mass is 10.2. The van der Waals surface area contributed by atoms with Crippen molar-refractivity contribution >= 4 is 21.6 Å². The van der Waals surface area contributed by atoms with Gasteiger partial charge in [-0.3, -0.25) is 9.69 Å². The van der Waals surface area contributed by atoms with Crippen LogP contribution < -0.4 is 9.62 Å². The molecule has 2 heterocycles. The molecule has 1 N–H and O–H groups in total. The van der Waals surface area contributed by atoms with Gasteiger partial charge in [-0.15, -0.1) is 0 Å². The number of likely N-dealkylation sites (N-methyl/N-ethyl adjacent to an activating group) is 1. The van der Waals surface area contributed by atoms with Crippen molar-refractivity contribution in [2.45, 2.75) is 50.5 Å². The van der Waals surface area contributed by atoms with Gasteiger partial charge in [-0.25, -0.2) is 13.1 Å². The van der Waals surface area contributed by atoms with E-state index >= 15 is 0 Å². The second kappa shape index (κ2) is 7.43. The summed E-state index contributed by atoms with van der Waals surface area (Å²) >= 11 is 0. The van der Waals surface area contributed by atoms with E-state index in [1.165, 1.54) is 0 Å². The van der Waals surface area contributed by atoms with Crippen molar-refractivity contribution < 1.29 is 13.2 Å². The van der Waals surface area contributed by atoms with Gasteiger partial charge >= 0.3 is 0 Å². The third kappa shape index (κ3) is 3.73. The number of rotatable bonds is 6. The summed E-state index contributed by atoms with van der Waals surface area (Å²) in [4.78, 5) is 16.3. The first-order chi connectivity index (χ1) is 12.0. The Labute approximate surface area is 150 Å². The first-order valence-electron chi connectivity index (χ1n) is 9.13. The zero-order valence-corrected chi connectivity index (χ0v) is 15.8. The molecule has 138 valence electrons. The SMILES string of the molecule is CCC(=O)N1CCc2cc(S(=O)(=O)NCC3CCCN3CC)ccc21. The van der Waals surface area contributed by atoms with Gasteiger partial charge in [0.2, 0.25) is 15.9 Å². The molecule has 0 radical (unpaired) electrons. The number of hydrogen-bond acceptors (Lipinski definition) is 4. The van der Waals surface area contributed by atoms with E-state index in [1.54, 1.807) is 23.1 Å². The van der Waals surface area contributed by atoms with Gasteiger partial charge in [-0.1, -0.05) is 13.8 Å². The molecule has 6 nitrogen and oxygen atoms in total. The number of carbonyl (C=O) groups excluding carboxylic acids is 1. The molecule has 1 aromatic rings. The fourth-order valence-corrected chi connectivity index (χ4v) is 4.95. The zero-order valence-electron chi connectivity index (χ0n) is 15.0. The largest absolute Gasteiger partial charge is 0.312 e. The fourth-order valence-electron chi connectivity index (χ4n) is 3.83. The van der Waals surface area contributed by atoms with Crippen molar-refractivity contribution in [1.29, 1.82) is 0 Å². The Kier molecular flexibility index (Phi) is 5.46. The van der Waals surface area contributed by atoms with Crippen molar-refractivity contribution in [3.8, 4) is 0 Å². The van der Waals surface area contributed by atoms with Gasteiger partial charge < -0.3 is 4.90 Å². The Morgan fingerprint density at radius 3 is 2.80 bits per heavy atom. The molecule has 0 aromatic heterocycles. The van der Waals surface area contributed by atoms with E-state index in [2.05, 4.69) is 16.5 Å². The quantitative estimate of drug-likeness (QED) is 0.834. The van der Waals surface area contributed by atoms with Crippen molar-refractivity contribution in [1.82, 2.24) is 9.62 Å². The normalized spacial score (nSPS) is 20.9. The fraction of sp³-hybridized carbons (Fsp3) is 0.611. The third-order valence-electron chi connectivity index (χ3n) is 5.27. The van der Waals surface area contributed by atoms with Crippen LogP contribution >= 0.6 is 0 Å². The molecule has 0 bridgehead atoms. The molecule has 2 aliphatic heterocycles. The van der Waals surface area contributed by atoms with Crippen LogP contribution in [0, 0.1) is 0 Å². The summed E-state index contributed by atoms with van der Waals surface area (Å²) in [7, 11) is -3.52. The van der Waals surface area contributed by atoms with Crippen molar-refractivity contribution in [3.05, 3.63) is 23.8 Å². The third-order valence-corrected chi connectivity index (χ3v) is 6.70. The molecule has 7 heteroatoms. The van der Waals surface area contributed by atoms with E-state index in [1.807, 2.05) is 6.92 Å². The number of sulfonamides is 1. The second-order valence-electron chi connectivity index (χ2n) is 6.72. The lowest BCUT2D eigenvalue weighted by Crippen LogP contribution is -2.40. The average Bonchev–Trinajstić information content (AvgIpc) is 3.25. The van der Waals surface area contributed by atoms with Crippen LogP contribution in [0.1, 0.15) is 38.7 Å². The summed E-state index contributed by atoms with van der Waals surface area (Å²) in [6.45, 7) is 7.03. The molecule has 1 unspecified atom stereocenters. The number of carbonyl (C=O) groups is 1. The first-order valence-corrected chi connectivity index (χ1v) is 10.6. The number of likely N-dealkylation sites (tertiary alicyclic amines) is 1. The maximum absolute atomic E-state index is 12.6. The van der Waals surface area contributed by atoms with Gasteiger partial charge in [-0.05, 0) is 56.1 Å². The topological polar surface area (TPSA) is 69.7 Å². The highest BCUT2D eigenvalue weighted by molar-refractivity contribution is 7.89. The molecule has 0 saturated carbocycles. The molecule has 0 aliphatic carbocycles. The molecular formula is C18H27N3O3S. The Hall–Kier alpha value is -1.44. The highest BCUT2D eigenvalue weighted by Gasteiger charge is 2.27. The standard InChI is InChI=1S/C18H27N3O3S/c1-3-18(22)21-11-9-14-12-16(7-8-17(14)21)25(23,24)19-13-15-6-5-10-20(15)4-2/h7-8,12,15,19H,3-6,9-11,13H2,1-2H3. The summed E-state index contributed by atoms with van der Waals surface area (Å²) in [6, 6.07) is 5.37. The highest BCUT2D eigenvalue weighted by atomic mass is 32.2. The predicted molar refractivity (Wildman–Crippen MR) is 98.2 cm³/mol. The smallest absolute Gasteiger partial charge is 0.240 e. The summed E-state index contributed by atoms with van der Waals surface area (Å²) < 4.78 is 28.1. The summed E-state index contributed by atoms with van der Waals surface area (Å²) in [5, 5.41) is 0. The van der Waals surface area contributed by atoms with Gasteiger partial charge in [0, 0.05) is 31.2 Å². The van der Waals surface area contributed by atoms with Crippen LogP contribution in [0.2, 0.25) is 0 Å². The minimum absolute atomic E-state index is 0.0772. The number of anilines is 1. The highest BCUT2D eigenvalue weighted by Crippen LogP contribution is 2.30. The van der Waals surface area contributed by atoms with Gasteiger partial charge in [-0.2, -0.15) is 0 Å². The summed E-state index contributed by atoms with van der Waals surface area (Å²) in [6.07, 6.45) is 3.32. The molecule has 1 fully saturated rings. The molecule has 1 amide bonds. The molecule has 2 aliphatic rings. The molecule has 1 saturated heterocycles. The van der Waals surface area contributed by atoms with Gasteiger partial charge in [0.25, 0.3) is 0 Å². The minimum Gasteiger partial charge on any atom is -0.312 e. The maximum Gasteiger partial charge on any atom is 0.240 e. The zero-order chi connectivity index (χ0) is 18.0. The summed E-state index contributed by atoms with van der Waals surface area (Å²) in [5.74, 6) is 0.0772. The van der Waals surface area contributed by atoms with E-state index in [0.29, 0.717) is 25.9 Å². The van der Waals surface area contributed by atoms with E-state index in [-0.39, 0.29) is 16.8 Å². The van der Waals surface area contributed by atoms with Crippen LogP contribution in [0.15, 0.2) is 23.1 Å². The predicted octanol–water partition coefficient (Wildman–Crippen LogP) is 1.75. The van der Waals surface area contributed by atoms with Crippen LogP contribution in [-0.4, -0.2) is 51.4 Å². The first kappa shape index (κ1) is 18.4. The number of nitrogens with one attached hydrogen (secondary N) is 1. The van der Waals surface area contributed by atoms with E-state index in [9.17, 15) is 13.2 Å². The number of nitrogens with zero attached hydrogens (tertiary/aromatic N) is 2. The second-order valence-corrected chi connectivity index (χ2v) is 8.48. The Bertz CT molecular complexity index is 748. The Balaban J connectivity index is 1.72. The van der Waals surface area contributed by atoms with E-state index in [4.69, 9.17) is 0 Å². The monoisotopic (exact) mass is 365 g/mol. The van der Waals surface area contributed by atoms with Gasteiger partial charge in [0.15, 0.2) is 0 Å². The molecule has 1 aromatic carbocycles. The number of fused-ring (bicyclic) bond motifs is 1. The lowest BCUT2D eigenvalue weighted by Gasteiger charge is -2.23. The van der Waals surface area contributed by atoms with Crippen molar-refractivity contribution in [2.24, 2.45) is 0 Å². The molecule has 0 spiro atoms. The Morgan fingerprint density at radius 1 is 1.28 bits per heavy atom. The van der Waals surface area contributed by atoms with Gasteiger partial charge in [0.1, 0.15) is 0 Å². The number of hydrogen-bond donors (Lipinski definition) is 1. The Morgan fingerprint density at radius 2 is 2.08 bits per heavy atom. The van der Waals surface area contributed by atoms with Crippen LogP contribution in [-0.2, 0) is 21.2 Å². The molecule has 25 heavy (non-hydrogen) atoms. The molecule has 3 rings (SSSR count). The van der Waals surface area contributed by atoms with Crippen molar-refractivity contribution in [2.75, 3.05) is 31.1 Å². The molecule has 1 atom stereocenters. The minimum atomic E-state index is -3.52.